The van der Waals surface area contributed by atoms with E-state index in [1.165, 1.54) is 11.3 Å². The normalized spacial score (nSPS) is 11.5. The summed E-state index contributed by atoms with van der Waals surface area (Å²) in [6.45, 7) is 7.24. The van der Waals surface area contributed by atoms with Gasteiger partial charge in [-0.25, -0.2) is 4.98 Å². The molecule has 0 atom stereocenters. The molecular formula is C27H25ClN4O2S. The smallest absolute Gasteiger partial charge is 0.268 e. The van der Waals surface area contributed by atoms with Crippen LogP contribution < -0.4 is 10.1 Å². The quantitative estimate of drug-likeness (QED) is 0.165. The molecule has 178 valence electrons. The standard InChI is InChI=1S/C27H25ClN4O2S/c1-17-13-21(14-18(2)25(17)28)34-11-6-10-32-19(3)23(22-7-4-5-8-24(22)32)15-20(16-29)26(33)31-27-30-9-12-35-27/h4-5,7-9,12-15H,6,10-11H2,1-3H3,(H,30,31,33). The van der Waals surface area contributed by atoms with Gasteiger partial charge in [-0.1, -0.05) is 29.8 Å². The van der Waals surface area contributed by atoms with Crippen molar-refractivity contribution >= 4 is 51.0 Å². The van der Waals surface area contributed by atoms with Crippen LogP contribution in [-0.4, -0.2) is 22.1 Å². The number of nitrogens with zero attached hydrogens (tertiary/aromatic N) is 3. The molecule has 6 nitrogen and oxygen atoms in total. The first-order chi connectivity index (χ1) is 16.9. The Bertz CT molecular complexity index is 1430. The van der Waals surface area contributed by atoms with Gasteiger partial charge in [0.15, 0.2) is 5.13 Å². The van der Waals surface area contributed by atoms with Crippen molar-refractivity contribution in [1.82, 2.24) is 9.55 Å². The van der Waals surface area contributed by atoms with Crippen molar-refractivity contribution in [2.75, 3.05) is 11.9 Å². The second kappa shape index (κ2) is 10.8. The number of aromatic nitrogens is 2. The molecule has 35 heavy (non-hydrogen) atoms. The van der Waals surface area contributed by atoms with Crippen LogP contribution >= 0.6 is 22.9 Å². The maximum atomic E-state index is 12.6. The summed E-state index contributed by atoms with van der Waals surface area (Å²) in [5.74, 6) is 0.340. The average Bonchev–Trinajstić information content (AvgIpc) is 3.44. The first-order valence-electron chi connectivity index (χ1n) is 11.2. The predicted molar refractivity (Wildman–Crippen MR) is 142 cm³/mol. The van der Waals surface area contributed by atoms with E-state index in [-0.39, 0.29) is 5.57 Å². The Morgan fingerprint density at radius 2 is 2.00 bits per heavy atom. The SMILES string of the molecule is Cc1cc(OCCCn2c(C)c(C=C(C#N)C(=O)Nc3nccs3)c3ccccc32)cc(C)c1Cl. The topological polar surface area (TPSA) is 79.9 Å². The van der Waals surface area contributed by atoms with E-state index in [0.717, 1.165) is 57.0 Å². The molecule has 0 spiro atoms. The molecule has 2 aromatic heterocycles. The van der Waals surface area contributed by atoms with E-state index < -0.39 is 5.91 Å². The summed E-state index contributed by atoms with van der Waals surface area (Å²) in [7, 11) is 0. The number of carbonyl (C=O) groups excluding carboxylic acids is 1. The van der Waals surface area contributed by atoms with Crippen LogP contribution in [0.4, 0.5) is 5.13 Å². The Balaban J connectivity index is 1.54. The molecule has 2 aromatic carbocycles. The maximum absolute atomic E-state index is 12.6. The van der Waals surface area contributed by atoms with Gasteiger partial charge in [0.25, 0.3) is 5.91 Å². The van der Waals surface area contributed by atoms with E-state index in [9.17, 15) is 10.1 Å². The molecule has 0 unspecified atom stereocenters. The summed E-state index contributed by atoms with van der Waals surface area (Å²) < 4.78 is 8.19. The summed E-state index contributed by atoms with van der Waals surface area (Å²) in [5, 5.41) is 16.3. The highest BCUT2D eigenvalue weighted by Gasteiger charge is 2.16. The van der Waals surface area contributed by atoms with Gasteiger partial charge >= 0.3 is 0 Å². The molecule has 2 heterocycles. The lowest BCUT2D eigenvalue weighted by atomic mass is 10.1. The average molecular weight is 505 g/mol. The zero-order valence-electron chi connectivity index (χ0n) is 19.8. The lowest BCUT2D eigenvalue weighted by Crippen LogP contribution is -2.13. The van der Waals surface area contributed by atoms with Crippen molar-refractivity contribution < 1.29 is 9.53 Å². The number of aryl methyl sites for hydroxylation is 3. The van der Waals surface area contributed by atoms with Crippen molar-refractivity contribution in [2.45, 2.75) is 33.7 Å². The van der Waals surface area contributed by atoms with E-state index in [1.807, 2.05) is 63.2 Å². The summed E-state index contributed by atoms with van der Waals surface area (Å²) >= 11 is 7.56. The Morgan fingerprint density at radius 1 is 1.26 bits per heavy atom. The van der Waals surface area contributed by atoms with Crippen LogP contribution in [0.2, 0.25) is 5.02 Å². The fourth-order valence-electron chi connectivity index (χ4n) is 4.07. The number of carbonyl (C=O) groups is 1. The number of hydrogen-bond acceptors (Lipinski definition) is 5. The van der Waals surface area contributed by atoms with Crippen molar-refractivity contribution in [2.24, 2.45) is 0 Å². The summed E-state index contributed by atoms with van der Waals surface area (Å²) in [6, 6.07) is 13.9. The van der Waals surface area contributed by atoms with Crippen LogP contribution in [0, 0.1) is 32.1 Å². The minimum absolute atomic E-state index is 0.0306. The van der Waals surface area contributed by atoms with Gasteiger partial charge in [0.05, 0.1) is 6.61 Å². The molecule has 1 N–H and O–H groups in total. The van der Waals surface area contributed by atoms with Gasteiger partial charge in [-0.15, -0.1) is 11.3 Å². The van der Waals surface area contributed by atoms with Gasteiger partial charge in [-0.05, 0) is 62.6 Å². The second-order valence-electron chi connectivity index (χ2n) is 8.20. The molecule has 8 heteroatoms. The first-order valence-corrected chi connectivity index (χ1v) is 12.4. The minimum Gasteiger partial charge on any atom is -0.494 e. The highest BCUT2D eigenvalue weighted by molar-refractivity contribution is 7.13. The van der Waals surface area contributed by atoms with Crippen LogP contribution in [0.1, 0.15) is 28.8 Å². The van der Waals surface area contributed by atoms with Gasteiger partial charge in [-0.2, -0.15) is 5.26 Å². The van der Waals surface area contributed by atoms with Crippen LogP contribution in [0.25, 0.3) is 17.0 Å². The molecule has 0 saturated heterocycles. The molecule has 0 aliphatic rings. The lowest BCUT2D eigenvalue weighted by molar-refractivity contribution is -0.112. The number of benzene rings is 2. The van der Waals surface area contributed by atoms with Gasteiger partial charge < -0.3 is 9.30 Å². The second-order valence-corrected chi connectivity index (χ2v) is 9.47. The number of hydrogen-bond donors (Lipinski definition) is 1. The molecule has 0 radical (unpaired) electrons. The number of ether oxygens (including phenoxy) is 1. The summed E-state index contributed by atoms with van der Waals surface area (Å²) in [4.78, 5) is 16.7. The summed E-state index contributed by atoms with van der Waals surface area (Å²) in [5.41, 5.74) is 4.92. The van der Waals surface area contributed by atoms with Crippen LogP contribution in [0.5, 0.6) is 5.75 Å². The van der Waals surface area contributed by atoms with Crippen molar-refractivity contribution in [1.29, 1.82) is 5.26 Å². The molecule has 0 aliphatic heterocycles. The number of para-hydroxylation sites is 1. The Morgan fingerprint density at radius 3 is 2.69 bits per heavy atom. The van der Waals surface area contributed by atoms with Crippen molar-refractivity contribution in [3.63, 3.8) is 0 Å². The van der Waals surface area contributed by atoms with E-state index in [4.69, 9.17) is 16.3 Å². The van der Waals surface area contributed by atoms with E-state index in [1.54, 1.807) is 17.7 Å². The van der Waals surface area contributed by atoms with Crippen LogP contribution in [-0.2, 0) is 11.3 Å². The fraction of sp³-hybridized carbons (Fsp3) is 0.222. The third kappa shape index (κ3) is 5.40. The number of amides is 1. The monoisotopic (exact) mass is 504 g/mol. The molecule has 0 fully saturated rings. The Kier molecular flexibility index (Phi) is 7.54. The Labute approximate surface area is 213 Å². The largest absolute Gasteiger partial charge is 0.494 e. The molecular weight excluding hydrogens is 480 g/mol. The van der Waals surface area contributed by atoms with E-state index in [0.29, 0.717) is 11.7 Å². The zero-order valence-corrected chi connectivity index (χ0v) is 21.3. The number of nitrogens with one attached hydrogen (secondary N) is 1. The number of anilines is 1. The molecule has 0 bridgehead atoms. The van der Waals surface area contributed by atoms with Gasteiger partial charge in [0.1, 0.15) is 17.4 Å². The van der Waals surface area contributed by atoms with Gasteiger partial charge in [0.2, 0.25) is 0 Å². The van der Waals surface area contributed by atoms with Crippen molar-refractivity contribution in [3.8, 4) is 11.8 Å². The highest BCUT2D eigenvalue weighted by Crippen LogP contribution is 2.29. The van der Waals surface area contributed by atoms with Crippen LogP contribution in [0.3, 0.4) is 0 Å². The van der Waals surface area contributed by atoms with E-state index in [2.05, 4.69) is 14.9 Å². The van der Waals surface area contributed by atoms with E-state index >= 15 is 0 Å². The zero-order chi connectivity index (χ0) is 24.9. The number of fused-ring (bicyclic) bond motifs is 1. The Hall–Kier alpha value is -3.60. The third-order valence-electron chi connectivity index (χ3n) is 5.79. The molecule has 4 aromatic rings. The molecule has 1 amide bonds. The highest BCUT2D eigenvalue weighted by atomic mass is 35.5. The summed E-state index contributed by atoms with van der Waals surface area (Å²) in [6.07, 6.45) is 4.05. The lowest BCUT2D eigenvalue weighted by Gasteiger charge is -2.12. The molecule has 0 aliphatic carbocycles. The first kappa shape index (κ1) is 24.5. The third-order valence-corrected chi connectivity index (χ3v) is 7.08. The van der Waals surface area contributed by atoms with Crippen LogP contribution in [0.15, 0.2) is 53.5 Å². The maximum Gasteiger partial charge on any atom is 0.268 e. The molecule has 0 saturated carbocycles. The molecule has 4 rings (SSSR count). The van der Waals surface area contributed by atoms with Gasteiger partial charge in [0, 0.05) is 45.3 Å². The fourth-order valence-corrected chi connectivity index (χ4v) is 4.71. The minimum atomic E-state index is -0.472. The number of halogens is 1. The predicted octanol–water partition coefficient (Wildman–Crippen LogP) is 6.69. The number of rotatable bonds is 8. The van der Waals surface area contributed by atoms with Gasteiger partial charge in [-0.3, -0.25) is 10.1 Å². The number of thiazole rings is 1. The van der Waals surface area contributed by atoms with Crippen molar-refractivity contribution in [3.05, 3.63) is 81.0 Å². The number of nitriles is 1.